The molecule has 2 saturated heterocycles. The van der Waals surface area contributed by atoms with Crippen molar-refractivity contribution in [1.29, 1.82) is 0 Å². The second kappa shape index (κ2) is 13.6. The van der Waals surface area contributed by atoms with E-state index in [0.717, 1.165) is 12.8 Å². The Morgan fingerprint density at radius 1 is 0.900 bits per heavy atom. The van der Waals surface area contributed by atoms with Gasteiger partial charge in [0.1, 0.15) is 47.1 Å². The molecule has 2 saturated carbocycles. The number of aromatic nitrogens is 8. The minimum atomic E-state index is -1.13. The Morgan fingerprint density at radius 3 is 2.08 bits per heavy atom. The Bertz CT molecular complexity index is 1890. The Balaban J connectivity index is 0.000000192. The summed E-state index contributed by atoms with van der Waals surface area (Å²) in [6.45, 7) is 4.59. The number of fused-ring (bicyclic) bond motifs is 2. The topological polar surface area (TPSA) is 245 Å². The van der Waals surface area contributed by atoms with Crippen LogP contribution in [0.2, 0.25) is 5.15 Å². The summed E-state index contributed by atoms with van der Waals surface area (Å²) in [5.41, 5.74) is 5.87. The highest BCUT2D eigenvalue weighted by Crippen LogP contribution is 2.61. The van der Waals surface area contributed by atoms with Gasteiger partial charge in [-0.3, -0.25) is 18.7 Å². The van der Waals surface area contributed by atoms with E-state index < -0.39 is 60.0 Å². The van der Waals surface area contributed by atoms with Crippen LogP contribution in [0.15, 0.2) is 25.3 Å². The van der Waals surface area contributed by atoms with Crippen molar-refractivity contribution in [2.24, 2.45) is 11.8 Å². The number of nitrogens with zero attached hydrogens (tertiary/aromatic N) is 8. The lowest BCUT2D eigenvalue weighted by Crippen LogP contribution is -2.40. The van der Waals surface area contributed by atoms with E-state index in [-0.39, 0.29) is 44.3 Å². The molecule has 50 heavy (non-hydrogen) atoms. The van der Waals surface area contributed by atoms with Gasteiger partial charge in [-0.05, 0) is 18.8 Å². The van der Waals surface area contributed by atoms with Gasteiger partial charge in [0, 0.05) is 26.4 Å². The number of halogens is 1. The predicted molar refractivity (Wildman–Crippen MR) is 176 cm³/mol. The quantitative estimate of drug-likeness (QED) is 0.164. The highest BCUT2D eigenvalue weighted by Gasteiger charge is 2.71. The molecule has 4 aromatic heterocycles. The van der Waals surface area contributed by atoms with Crippen LogP contribution in [-0.4, -0.2) is 109 Å². The molecular weight excluding hydrogens is 678 g/mol. The summed E-state index contributed by atoms with van der Waals surface area (Å²) < 4.78 is 26.5. The molecule has 10 atom stereocenters. The molecule has 8 rings (SSSR count). The van der Waals surface area contributed by atoms with Crippen LogP contribution in [-0.2, 0) is 28.5 Å². The fraction of sp³-hybridized carbons (Fsp3) is 0.613. The molecule has 2 aliphatic heterocycles. The number of rotatable bonds is 6. The maximum atomic E-state index is 11.8. The average Bonchev–Trinajstić information content (AvgIpc) is 3.70. The third kappa shape index (κ3) is 5.82. The number of anilines is 1. The van der Waals surface area contributed by atoms with Crippen molar-refractivity contribution in [3.05, 3.63) is 30.5 Å². The van der Waals surface area contributed by atoms with Crippen molar-refractivity contribution in [1.82, 2.24) is 39.0 Å². The Labute approximate surface area is 291 Å². The van der Waals surface area contributed by atoms with Gasteiger partial charge in [-0.1, -0.05) is 39.8 Å². The molecule has 2 spiro atoms. The van der Waals surface area contributed by atoms with Gasteiger partial charge in [-0.15, -0.1) is 0 Å². The molecule has 4 aliphatic rings. The number of imidazole rings is 2. The maximum Gasteiger partial charge on any atom is 0.303 e. The molecule has 0 radical (unpaired) electrons. The molecule has 272 valence electrons. The minimum absolute atomic E-state index is 0. The van der Waals surface area contributed by atoms with Crippen molar-refractivity contribution in [2.75, 3.05) is 12.3 Å². The van der Waals surface area contributed by atoms with E-state index in [2.05, 4.69) is 29.9 Å². The number of carbonyl (C=O) groups is 2. The van der Waals surface area contributed by atoms with E-state index in [1.807, 2.05) is 6.92 Å². The fourth-order valence-corrected chi connectivity index (χ4v) is 7.29. The SMILES string of the molecule is C.C.CC[C@@H]1C[C@]12O[C@@H](n1cnc3c(Cl)ncnc31)[C@@H](OC(C)=O)C2OC(C)=O.Nc1ncnc2c1ncn2[C@@H]1O[C@]2(C[C@H]2CO)C(O)[C@@H]1O. The van der Waals surface area contributed by atoms with Crippen molar-refractivity contribution < 1.29 is 43.9 Å². The van der Waals surface area contributed by atoms with E-state index in [1.54, 1.807) is 4.57 Å². The third-order valence-electron chi connectivity index (χ3n) is 9.61. The van der Waals surface area contributed by atoms with E-state index in [1.165, 1.54) is 43.7 Å². The van der Waals surface area contributed by atoms with E-state index in [9.17, 15) is 24.9 Å². The molecule has 0 aromatic carbocycles. The first kappa shape index (κ1) is 37.2. The molecule has 4 aromatic rings. The van der Waals surface area contributed by atoms with Gasteiger partial charge in [-0.2, -0.15) is 0 Å². The number of nitrogen functional groups attached to an aromatic ring is 1. The van der Waals surface area contributed by atoms with Gasteiger partial charge in [0.05, 0.1) is 12.7 Å². The first-order chi connectivity index (χ1) is 23.0. The summed E-state index contributed by atoms with van der Waals surface area (Å²) >= 11 is 6.09. The zero-order chi connectivity index (χ0) is 34.1. The number of esters is 2. The number of aliphatic hydroxyl groups is 3. The molecule has 18 nitrogen and oxygen atoms in total. The Hall–Kier alpha value is -4.07. The minimum Gasteiger partial charge on any atom is -0.455 e. The van der Waals surface area contributed by atoms with E-state index in [4.69, 9.17) is 36.3 Å². The van der Waals surface area contributed by atoms with Gasteiger partial charge < -0.3 is 40.0 Å². The maximum absolute atomic E-state index is 11.8. The zero-order valence-corrected chi connectivity index (χ0v) is 26.8. The van der Waals surface area contributed by atoms with Crippen LogP contribution in [0, 0.1) is 11.8 Å². The number of carbonyl (C=O) groups excluding carboxylic acids is 2. The largest absolute Gasteiger partial charge is 0.455 e. The summed E-state index contributed by atoms with van der Waals surface area (Å²) in [6.07, 6.45) is 2.40. The molecule has 2 aliphatic carbocycles. The van der Waals surface area contributed by atoms with Crippen molar-refractivity contribution in [3.8, 4) is 0 Å². The molecule has 5 N–H and O–H groups in total. The standard InChI is InChI=1S/C17H19ClN4O5.C12H15N5O4.2CH4/c1-4-10-5-17(10)13(26-9(3)24)12(25-8(2)23)16(27-17)22-7-21-11-14(18)19-6-20-15(11)22;13-9-6-10(15-3-14-9)17(4-16-6)11-7(19)8(20)12(21-11)1-5(12)2-18;;/h6-7,10,12-13,16H,4-5H2,1-3H3;3-5,7-8,11,18-20H,1-2H2,(H2,13,14,15);2*1H4/t10-,12+,13?,16-,17+;5-,7-,8?,11+,12-;;/m10../s1. The number of aliphatic hydroxyl groups excluding tert-OH is 3. The summed E-state index contributed by atoms with van der Waals surface area (Å²) in [7, 11) is 0. The lowest BCUT2D eigenvalue weighted by Gasteiger charge is -2.24. The lowest BCUT2D eigenvalue weighted by molar-refractivity contribution is -0.166. The van der Waals surface area contributed by atoms with Gasteiger partial charge in [0.2, 0.25) is 0 Å². The summed E-state index contributed by atoms with van der Waals surface area (Å²) in [6, 6.07) is 0. The fourth-order valence-electron chi connectivity index (χ4n) is 7.12. The van der Waals surface area contributed by atoms with Crippen LogP contribution in [0.5, 0.6) is 0 Å². The average molecular weight is 720 g/mol. The highest BCUT2D eigenvalue weighted by atomic mass is 35.5. The molecule has 6 heterocycles. The van der Waals surface area contributed by atoms with E-state index >= 15 is 0 Å². The summed E-state index contributed by atoms with van der Waals surface area (Å²) in [5, 5.41) is 29.9. The monoisotopic (exact) mass is 719 g/mol. The van der Waals surface area contributed by atoms with Crippen LogP contribution in [0.25, 0.3) is 22.3 Å². The molecular formula is C31H42ClN9O9. The van der Waals surface area contributed by atoms with Crippen molar-refractivity contribution >= 4 is 51.7 Å². The Kier molecular flexibility index (Phi) is 10.1. The van der Waals surface area contributed by atoms with Crippen LogP contribution in [0.3, 0.4) is 0 Å². The van der Waals surface area contributed by atoms with Gasteiger partial charge in [0.25, 0.3) is 0 Å². The van der Waals surface area contributed by atoms with E-state index in [0.29, 0.717) is 28.7 Å². The van der Waals surface area contributed by atoms with Crippen LogP contribution in [0.4, 0.5) is 5.82 Å². The van der Waals surface area contributed by atoms with Crippen molar-refractivity contribution in [2.45, 2.75) is 103 Å². The first-order valence-electron chi connectivity index (χ1n) is 15.4. The number of ether oxygens (including phenoxy) is 4. The van der Waals surface area contributed by atoms with Crippen molar-refractivity contribution in [3.63, 3.8) is 0 Å². The second-order valence-corrected chi connectivity index (χ2v) is 12.8. The van der Waals surface area contributed by atoms with Crippen LogP contribution >= 0.6 is 11.6 Å². The van der Waals surface area contributed by atoms with Gasteiger partial charge in [0.15, 0.2) is 46.9 Å². The van der Waals surface area contributed by atoms with Crippen LogP contribution < -0.4 is 5.73 Å². The van der Waals surface area contributed by atoms with Crippen LogP contribution in [0.1, 0.15) is 67.3 Å². The number of nitrogens with two attached hydrogens (primary N) is 1. The normalized spacial score (nSPS) is 33.4. The molecule has 0 amide bonds. The zero-order valence-electron chi connectivity index (χ0n) is 26.1. The molecule has 19 heteroatoms. The third-order valence-corrected chi connectivity index (χ3v) is 9.88. The number of hydrogen-bond donors (Lipinski definition) is 4. The first-order valence-corrected chi connectivity index (χ1v) is 15.8. The summed E-state index contributed by atoms with van der Waals surface area (Å²) in [5.74, 6) is -0.669. The predicted octanol–water partition coefficient (Wildman–Crippen LogP) is 1.72. The molecule has 0 bridgehead atoms. The van der Waals surface area contributed by atoms with Gasteiger partial charge >= 0.3 is 11.9 Å². The lowest BCUT2D eigenvalue weighted by atomic mass is 10.1. The number of hydrogen-bond acceptors (Lipinski definition) is 16. The molecule has 2 unspecified atom stereocenters. The second-order valence-electron chi connectivity index (χ2n) is 12.4. The molecule has 4 fully saturated rings. The summed E-state index contributed by atoms with van der Waals surface area (Å²) in [4.78, 5) is 47.9. The highest BCUT2D eigenvalue weighted by molar-refractivity contribution is 6.33. The Morgan fingerprint density at radius 2 is 1.48 bits per heavy atom. The van der Waals surface area contributed by atoms with Gasteiger partial charge in [-0.25, -0.2) is 29.9 Å². The smallest absolute Gasteiger partial charge is 0.303 e.